The highest BCUT2D eigenvalue weighted by Crippen LogP contribution is 2.32. The van der Waals surface area contributed by atoms with Crippen molar-refractivity contribution >= 4 is 5.91 Å². The summed E-state index contributed by atoms with van der Waals surface area (Å²) in [6, 6.07) is 5.32. The summed E-state index contributed by atoms with van der Waals surface area (Å²) in [5.41, 5.74) is 1.20. The number of rotatable bonds is 3. The average molecular weight is 342 g/mol. The molecule has 1 aliphatic carbocycles. The minimum atomic E-state index is -0.356. The van der Waals surface area contributed by atoms with Gasteiger partial charge in [-0.1, -0.05) is 6.42 Å². The fraction of sp³-hybridized carbons (Fsp3) is 0.500. The molecule has 0 bridgehead atoms. The highest BCUT2D eigenvalue weighted by atomic mass is 16.5. The fourth-order valence-corrected chi connectivity index (χ4v) is 3.90. The van der Waals surface area contributed by atoms with Crippen LogP contribution in [-0.4, -0.2) is 62.6 Å². The molecular formula is C18H22N4O3. The van der Waals surface area contributed by atoms with Crippen LogP contribution in [0.5, 0.6) is 0 Å². The molecule has 1 saturated carbocycles. The SMILES string of the molecule is O=C(c1cc(-n2cccn2)ccn1)N1CCOC[C@@H]1[C@@H]1CCC[C@@H]1O. The number of ether oxygens (including phenoxy) is 1. The Hall–Kier alpha value is -2.25. The smallest absolute Gasteiger partial charge is 0.272 e. The molecule has 1 aliphatic heterocycles. The number of amides is 1. The molecule has 2 fully saturated rings. The lowest BCUT2D eigenvalue weighted by Gasteiger charge is -2.39. The van der Waals surface area contributed by atoms with E-state index in [0.717, 1.165) is 24.9 Å². The van der Waals surface area contributed by atoms with Crippen LogP contribution in [0.25, 0.3) is 5.69 Å². The molecule has 0 spiro atoms. The summed E-state index contributed by atoms with van der Waals surface area (Å²) < 4.78 is 7.31. The van der Waals surface area contributed by atoms with Gasteiger partial charge in [0.2, 0.25) is 0 Å². The molecule has 0 aromatic carbocycles. The molecular weight excluding hydrogens is 320 g/mol. The predicted molar refractivity (Wildman–Crippen MR) is 90.4 cm³/mol. The van der Waals surface area contributed by atoms with Gasteiger partial charge < -0.3 is 14.7 Å². The van der Waals surface area contributed by atoms with Crippen molar-refractivity contribution in [3.05, 3.63) is 42.5 Å². The minimum absolute atomic E-state index is 0.0820. The lowest BCUT2D eigenvalue weighted by atomic mass is 9.94. The predicted octanol–water partition coefficient (Wildman–Crippen LogP) is 1.27. The number of pyridine rings is 1. The third-order valence-corrected chi connectivity index (χ3v) is 5.18. The molecule has 0 unspecified atom stereocenters. The van der Waals surface area contributed by atoms with Crippen molar-refractivity contribution in [2.24, 2.45) is 5.92 Å². The van der Waals surface area contributed by atoms with Crippen molar-refractivity contribution in [3.63, 3.8) is 0 Å². The molecule has 2 aliphatic rings. The minimum Gasteiger partial charge on any atom is -0.393 e. The van der Waals surface area contributed by atoms with Crippen LogP contribution in [0, 0.1) is 5.92 Å². The third kappa shape index (κ3) is 3.17. The maximum atomic E-state index is 13.1. The van der Waals surface area contributed by atoms with E-state index < -0.39 is 0 Å². The maximum absolute atomic E-state index is 13.1. The molecule has 2 aromatic heterocycles. The van der Waals surface area contributed by atoms with E-state index in [9.17, 15) is 9.90 Å². The summed E-state index contributed by atoms with van der Waals surface area (Å²) in [4.78, 5) is 19.2. The van der Waals surface area contributed by atoms with E-state index in [-0.39, 0.29) is 24.0 Å². The molecule has 2 aromatic rings. The molecule has 132 valence electrons. The number of hydrogen-bond donors (Lipinski definition) is 1. The molecule has 3 heterocycles. The van der Waals surface area contributed by atoms with Crippen molar-refractivity contribution in [2.75, 3.05) is 19.8 Å². The molecule has 25 heavy (non-hydrogen) atoms. The number of carbonyl (C=O) groups excluding carboxylic acids is 1. The second-order valence-electron chi connectivity index (χ2n) is 6.65. The van der Waals surface area contributed by atoms with Gasteiger partial charge in [0, 0.05) is 31.1 Å². The summed E-state index contributed by atoms with van der Waals surface area (Å²) in [6.07, 6.45) is 7.53. The van der Waals surface area contributed by atoms with Crippen LogP contribution >= 0.6 is 0 Å². The van der Waals surface area contributed by atoms with Gasteiger partial charge in [-0.15, -0.1) is 0 Å². The Bertz CT molecular complexity index is 734. The summed E-state index contributed by atoms with van der Waals surface area (Å²) in [6.45, 7) is 1.52. The Morgan fingerprint density at radius 1 is 1.32 bits per heavy atom. The lowest BCUT2D eigenvalue weighted by molar-refractivity contribution is -0.0385. The second-order valence-corrected chi connectivity index (χ2v) is 6.65. The Kier molecular flexibility index (Phi) is 4.50. The van der Waals surface area contributed by atoms with Gasteiger partial charge in [0.15, 0.2) is 0 Å². The number of aliphatic hydroxyl groups is 1. The number of nitrogens with zero attached hydrogens (tertiary/aromatic N) is 4. The average Bonchev–Trinajstić information content (AvgIpc) is 3.33. The van der Waals surface area contributed by atoms with E-state index in [2.05, 4.69) is 10.1 Å². The Morgan fingerprint density at radius 3 is 3.00 bits per heavy atom. The number of aromatic nitrogens is 3. The monoisotopic (exact) mass is 342 g/mol. The topological polar surface area (TPSA) is 80.5 Å². The van der Waals surface area contributed by atoms with Gasteiger partial charge in [-0.05, 0) is 31.0 Å². The zero-order valence-corrected chi connectivity index (χ0v) is 14.0. The van der Waals surface area contributed by atoms with E-state index in [1.165, 1.54) is 0 Å². The number of hydrogen-bond acceptors (Lipinski definition) is 5. The molecule has 3 atom stereocenters. The van der Waals surface area contributed by atoms with Gasteiger partial charge in [0.05, 0.1) is 31.0 Å². The van der Waals surface area contributed by atoms with Gasteiger partial charge in [-0.2, -0.15) is 5.10 Å². The van der Waals surface area contributed by atoms with Crippen LogP contribution in [-0.2, 0) is 4.74 Å². The van der Waals surface area contributed by atoms with Gasteiger partial charge in [0.1, 0.15) is 5.69 Å². The van der Waals surface area contributed by atoms with Gasteiger partial charge in [-0.3, -0.25) is 9.78 Å². The summed E-state index contributed by atoms with van der Waals surface area (Å²) >= 11 is 0. The first-order chi connectivity index (χ1) is 12.2. The fourth-order valence-electron chi connectivity index (χ4n) is 3.90. The van der Waals surface area contributed by atoms with Crippen LogP contribution in [0.4, 0.5) is 0 Å². The second kappa shape index (κ2) is 6.93. The van der Waals surface area contributed by atoms with E-state index >= 15 is 0 Å². The van der Waals surface area contributed by atoms with E-state index in [4.69, 9.17) is 4.74 Å². The van der Waals surface area contributed by atoms with Crippen LogP contribution < -0.4 is 0 Å². The van der Waals surface area contributed by atoms with Gasteiger partial charge >= 0.3 is 0 Å². The van der Waals surface area contributed by atoms with E-state index in [1.807, 2.05) is 23.2 Å². The molecule has 4 rings (SSSR count). The highest BCUT2D eigenvalue weighted by molar-refractivity contribution is 5.93. The molecule has 0 radical (unpaired) electrons. The van der Waals surface area contributed by atoms with Crippen LogP contribution in [0.15, 0.2) is 36.8 Å². The lowest BCUT2D eigenvalue weighted by Crippen LogP contribution is -2.53. The number of aliphatic hydroxyl groups excluding tert-OH is 1. The molecule has 1 saturated heterocycles. The normalized spacial score (nSPS) is 26.8. The zero-order chi connectivity index (χ0) is 17.2. The molecule has 1 N–H and O–H groups in total. The zero-order valence-electron chi connectivity index (χ0n) is 14.0. The first-order valence-corrected chi connectivity index (χ1v) is 8.77. The van der Waals surface area contributed by atoms with Crippen LogP contribution in [0.1, 0.15) is 29.8 Å². The Balaban J connectivity index is 1.59. The van der Waals surface area contributed by atoms with E-state index in [0.29, 0.717) is 25.5 Å². The standard InChI is InChI=1S/C18H22N4O3/c23-17-4-1-3-14(17)16-12-25-10-9-21(16)18(24)15-11-13(5-7-19-15)22-8-2-6-20-22/h2,5-8,11,14,16-17,23H,1,3-4,9-10,12H2/t14-,16+,17-/m0/s1. The Labute approximate surface area is 146 Å². The largest absolute Gasteiger partial charge is 0.393 e. The summed E-state index contributed by atoms with van der Waals surface area (Å²) in [5.74, 6) is -0.0278. The first kappa shape index (κ1) is 16.2. The van der Waals surface area contributed by atoms with Crippen LogP contribution in [0.2, 0.25) is 0 Å². The molecule has 7 nitrogen and oxygen atoms in total. The van der Waals surface area contributed by atoms with Crippen LogP contribution in [0.3, 0.4) is 0 Å². The third-order valence-electron chi connectivity index (χ3n) is 5.18. The number of carbonyl (C=O) groups is 1. The van der Waals surface area contributed by atoms with E-state index in [1.54, 1.807) is 23.1 Å². The van der Waals surface area contributed by atoms with Crippen molar-refractivity contribution in [1.29, 1.82) is 0 Å². The van der Waals surface area contributed by atoms with Crippen molar-refractivity contribution in [1.82, 2.24) is 19.7 Å². The van der Waals surface area contributed by atoms with Crippen molar-refractivity contribution < 1.29 is 14.6 Å². The highest BCUT2D eigenvalue weighted by Gasteiger charge is 2.40. The van der Waals surface area contributed by atoms with Crippen molar-refractivity contribution in [2.45, 2.75) is 31.4 Å². The molecule has 7 heteroatoms. The first-order valence-electron chi connectivity index (χ1n) is 8.77. The van der Waals surface area contributed by atoms with Gasteiger partial charge in [-0.25, -0.2) is 4.68 Å². The maximum Gasteiger partial charge on any atom is 0.272 e. The summed E-state index contributed by atoms with van der Waals surface area (Å²) in [7, 11) is 0. The molecule has 1 amide bonds. The van der Waals surface area contributed by atoms with Crippen molar-refractivity contribution in [3.8, 4) is 5.69 Å². The van der Waals surface area contributed by atoms with Gasteiger partial charge in [0.25, 0.3) is 5.91 Å². The Morgan fingerprint density at radius 2 is 2.24 bits per heavy atom. The summed E-state index contributed by atoms with van der Waals surface area (Å²) in [5, 5.41) is 14.5. The quantitative estimate of drug-likeness (QED) is 0.908. The number of morpholine rings is 1.